The van der Waals surface area contributed by atoms with Crippen LogP contribution in [0.4, 0.5) is 5.69 Å². The van der Waals surface area contributed by atoms with E-state index in [9.17, 15) is 4.79 Å². The van der Waals surface area contributed by atoms with Gasteiger partial charge in [-0.3, -0.25) is 9.78 Å². The molecule has 29 heavy (non-hydrogen) atoms. The highest BCUT2D eigenvalue weighted by molar-refractivity contribution is 5.92. The monoisotopic (exact) mass is 384 g/mol. The normalized spacial score (nSPS) is 10.9. The Bertz CT molecular complexity index is 1140. The minimum absolute atomic E-state index is 0.0263. The molecule has 4 aromatic rings. The first kappa shape index (κ1) is 18.6. The average molecular weight is 384 g/mol. The number of nitrogens with zero attached hydrogens (tertiary/aromatic N) is 3. The van der Waals surface area contributed by atoms with Crippen LogP contribution in [0.3, 0.4) is 0 Å². The number of amides is 1. The number of anilines is 1. The first-order valence-electron chi connectivity index (χ1n) is 9.36. The maximum absolute atomic E-state index is 11.8. The van der Waals surface area contributed by atoms with Crippen molar-refractivity contribution in [3.8, 4) is 23.0 Å². The molecule has 0 radical (unpaired) electrons. The quantitative estimate of drug-likeness (QED) is 0.519. The second-order valence-corrected chi connectivity index (χ2v) is 6.88. The van der Waals surface area contributed by atoms with E-state index < -0.39 is 0 Å². The van der Waals surface area contributed by atoms with Gasteiger partial charge in [0.2, 0.25) is 11.8 Å². The van der Waals surface area contributed by atoms with Crippen LogP contribution in [0.25, 0.3) is 22.3 Å². The summed E-state index contributed by atoms with van der Waals surface area (Å²) in [7, 11) is 0. The van der Waals surface area contributed by atoms with Gasteiger partial charge in [-0.25, -0.2) is 4.98 Å². The Morgan fingerprint density at radius 2 is 1.76 bits per heavy atom. The Balaban J connectivity index is 1.66. The molecule has 2 heterocycles. The number of pyridine rings is 1. The topological polar surface area (TPSA) is 77.0 Å². The summed E-state index contributed by atoms with van der Waals surface area (Å²) in [6, 6.07) is 18.7. The molecule has 0 fully saturated rings. The number of aromatic nitrogens is 3. The smallest absolute Gasteiger partial charge is 0.230 e. The molecule has 1 amide bonds. The first-order chi connectivity index (χ1) is 14.1. The lowest BCUT2D eigenvalue weighted by molar-refractivity contribution is -0.118. The number of nitrogens with one attached hydrogen (secondary N) is 1. The summed E-state index contributed by atoms with van der Waals surface area (Å²) in [6.45, 7) is 3.71. The predicted molar refractivity (Wildman–Crippen MR) is 113 cm³/mol. The van der Waals surface area contributed by atoms with Crippen LogP contribution in [-0.4, -0.2) is 20.9 Å². The maximum atomic E-state index is 11.8. The Hall–Kier alpha value is -3.80. The van der Waals surface area contributed by atoms with Crippen molar-refractivity contribution in [3.05, 3.63) is 73.1 Å². The Morgan fingerprint density at radius 3 is 2.48 bits per heavy atom. The van der Waals surface area contributed by atoms with Gasteiger partial charge in [0.15, 0.2) is 5.82 Å². The summed E-state index contributed by atoms with van der Waals surface area (Å²) < 4.78 is 6.08. The van der Waals surface area contributed by atoms with Gasteiger partial charge in [-0.15, -0.1) is 0 Å². The van der Waals surface area contributed by atoms with Gasteiger partial charge < -0.3 is 10.1 Å². The fourth-order valence-corrected chi connectivity index (χ4v) is 2.75. The van der Waals surface area contributed by atoms with Crippen LogP contribution in [0, 0.1) is 5.92 Å². The van der Waals surface area contributed by atoms with Crippen molar-refractivity contribution in [3.63, 3.8) is 0 Å². The van der Waals surface area contributed by atoms with Crippen LogP contribution in [0.5, 0.6) is 11.6 Å². The van der Waals surface area contributed by atoms with Crippen molar-refractivity contribution in [1.29, 1.82) is 0 Å². The number of fused-ring (bicyclic) bond motifs is 1. The molecular weight excluding hydrogens is 364 g/mol. The number of ether oxygens (including phenoxy) is 1. The number of benzene rings is 2. The van der Waals surface area contributed by atoms with Gasteiger partial charge in [-0.1, -0.05) is 26.0 Å². The number of carbonyl (C=O) groups excluding carboxylic acids is 1. The minimum Gasteiger partial charge on any atom is -0.438 e. The van der Waals surface area contributed by atoms with E-state index in [1.807, 2.05) is 50.2 Å². The molecule has 0 saturated heterocycles. The number of carbonyl (C=O) groups is 1. The number of rotatable bonds is 5. The predicted octanol–water partition coefficient (Wildman–Crippen LogP) is 5.08. The van der Waals surface area contributed by atoms with Crippen molar-refractivity contribution in [2.24, 2.45) is 5.92 Å². The van der Waals surface area contributed by atoms with Crippen molar-refractivity contribution in [2.75, 3.05) is 5.32 Å². The Kier molecular flexibility index (Phi) is 5.16. The van der Waals surface area contributed by atoms with E-state index in [0.29, 0.717) is 17.5 Å². The zero-order valence-corrected chi connectivity index (χ0v) is 16.2. The SMILES string of the molecule is CC(C)C(=O)Nc1ccc(Oc2nc(-c3cccnc3)nc3ccccc23)cc1. The number of hydrogen-bond acceptors (Lipinski definition) is 5. The highest BCUT2D eigenvalue weighted by Crippen LogP contribution is 2.30. The van der Waals surface area contributed by atoms with E-state index in [2.05, 4.69) is 20.3 Å². The zero-order chi connectivity index (χ0) is 20.2. The molecule has 2 aromatic heterocycles. The molecule has 0 bridgehead atoms. The average Bonchev–Trinajstić information content (AvgIpc) is 2.75. The molecule has 0 aliphatic carbocycles. The van der Waals surface area contributed by atoms with Gasteiger partial charge in [0, 0.05) is 29.6 Å². The standard InChI is InChI=1S/C23H20N4O2/c1-15(2)22(28)25-17-9-11-18(12-10-17)29-23-19-7-3-4-8-20(19)26-21(27-23)16-6-5-13-24-14-16/h3-15H,1-2H3,(H,25,28). The van der Waals surface area contributed by atoms with Crippen LogP contribution in [0.15, 0.2) is 73.1 Å². The third kappa shape index (κ3) is 4.21. The van der Waals surface area contributed by atoms with Gasteiger partial charge in [-0.05, 0) is 48.5 Å². The van der Waals surface area contributed by atoms with E-state index >= 15 is 0 Å². The van der Waals surface area contributed by atoms with E-state index in [1.54, 1.807) is 36.7 Å². The number of para-hydroxylation sites is 1. The highest BCUT2D eigenvalue weighted by atomic mass is 16.5. The second kappa shape index (κ2) is 8.06. The Labute approximate surface area is 168 Å². The van der Waals surface area contributed by atoms with Crippen LogP contribution < -0.4 is 10.1 Å². The molecule has 1 N–H and O–H groups in total. The number of hydrogen-bond donors (Lipinski definition) is 1. The maximum Gasteiger partial charge on any atom is 0.230 e. The Morgan fingerprint density at radius 1 is 0.966 bits per heavy atom. The molecule has 0 spiro atoms. The van der Waals surface area contributed by atoms with Crippen molar-refractivity contribution in [2.45, 2.75) is 13.8 Å². The van der Waals surface area contributed by atoms with Crippen LogP contribution >= 0.6 is 0 Å². The van der Waals surface area contributed by atoms with E-state index in [-0.39, 0.29) is 11.8 Å². The first-order valence-corrected chi connectivity index (χ1v) is 9.36. The highest BCUT2D eigenvalue weighted by Gasteiger charge is 2.12. The van der Waals surface area contributed by atoms with Crippen molar-refractivity contribution >= 4 is 22.5 Å². The lowest BCUT2D eigenvalue weighted by Gasteiger charge is -2.11. The summed E-state index contributed by atoms with van der Waals surface area (Å²) >= 11 is 0. The summed E-state index contributed by atoms with van der Waals surface area (Å²) in [4.78, 5) is 25.2. The fraction of sp³-hybridized carbons (Fsp3) is 0.130. The van der Waals surface area contributed by atoms with E-state index in [1.165, 1.54) is 0 Å². The molecule has 0 aliphatic rings. The second-order valence-electron chi connectivity index (χ2n) is 6.88. The van der Waals surface area contributed by atoms with Gasteiger partial charge in [0.05, 0.1) is 10.9 Å². The third-order valence-electron chi connectivity index (χ3n) is 4.35. The zero-order valence-electron chi connectivity index (χ0n) is 16.2. The van der Waals surface area contributed by atoms with Crippen LogP contribution in [0.2, 0.25) is 0 Å². The third-order valence-corrected chi connectivity index (χ3v) is 4.35. The molecule has 0 atom stereocenters. The van der Waals surface area contributed by atoms with Gasteiger partial charge >= 0.3 is 0 Å². The summed E-state index contributed by atoms with van der Waals surface area (Å²) in [5.41, 5.74) is 2.33. The summed E-state index contributed by atoms with van der Waals surface area (Å²) in [6.07, 6.45) is 3.43. The van der Waals surface area contributed by atoms with E-state index in [4.69, 9.17) is 4.74 Å². The van der Waals surface area contributed by atoms with Crippen LogP contribution in [0.1, 0.15) is 13.8 Å². The fourth-order valence-electron chi connectivity index (χ4n) is 2.75. The minimum atomic E-state index is -0.0794. The lowest BCUT2D eigenvalue weighted by atomic mass is 10.2. The molecule has 6 nitrogen and oxygen atoms in total. The van der Waals surface area contributed by atoms with Gasteiger partial charge in [0.1, 0.15) is 5.75 Å². The van der Waals surface area contributed by atoms with Crippen LogP contribution in [-0.2, 0) is 4.79 Å². The summed E-state index contributed by atoms with van der Waals surface area (Å²) in [5, 5.41) is 3.68. The largest absolute Gasteiger partial charge is 0.438 e. The van der Waals surface area contributed by atoms with Crippen molar-refractivity contribution < 1.29 is 9.53 Å². The van der Waals surface area contributed by atoms with Gasteiger partial charge in [0.25, 0.3) is 0 Å². The molecule has 144 valence electrons. The molecule has 6 heteroatoms. The van der Waals surface area contributed by atoms with Crippen molar-refractivity contribution in [1.82, 2.24) is 15.0 Å². The lowest BCUT2D eigenvalue weighted by Crippen LogP contribution is -2.17. The van der Waals surface area contributed by atoms with Gasteiger partial charge in [-0.2, -0.15) is 4.98 Å². The molecule has 0 unspecified atom stereocenters. The summed E-state index contributed by atoms with van der Waals surface area (Å²) in [5.74, 6) is 1.53. The molecule has 0 saturated carbocycles. The molecule has 4 rings (SSSR count). The molecule has 0 aliphatic heterocycles. The molecule has 2 aromatic carbocycles. The molecular formula is C23H20N4O2. The van der Waals surface area contributed by atoms with E-state index in [0.717, 1.165) is 22.2 Å².